The van der Waals surface area contributed by atoms with E-state index in [2.05, 4.69) is 32.6 Å². The zero-order valence-electron chi connectivity index (χ0n) is 7.97. The van der Waals surface area contributed by atoms with Crippen LogP contribution in [-0.4, -0.2) is 11.2 Å². The Hall–Kier alpha value is -1.23. The molecule has 15 heavy (non-hydrogen) atoms. The minimum absolute atomic E-state index is 0.871. The molecule has 0 aliphatic heterocycles. The molecule has 0 aliphatic carbocycles. The average Bonchev–Trinajstić information content (AvgIpc) is 2.30. The summed E-state index contributed by atoms with van der Waals surface area (Å²) in [5.74, 6) is 0. The van der Waals surface area contributed by atoms with E-state index in [4.69, 9.17) is 0 Å². The van der Waals surface area contributed by atoms with Crippen LogP contribution in [0.5, 0.6) is 0 Å². The molecule has 0 spiro atoms. The number of aromatic nitrogens is 1. The van der Waals surface area contributed by atoms with Gasteiger partial charge in [0.25, 0.3) is 0 Å². The number of halogens is 1. The summed E-state index contributed by atoms with van der Waals surface area (Å²) in [4.78, 5) is 8.49. The third-order valence-corrected chi connectivity index (χ3v) is 2.58. The molecule has 74 valence electrons. The summed E-state index contributed by atoms with van der Waals surface area (Å²) in [6.45, 7) is 0. The molecule has 2 nitrogen and oxygen atoms in total. The Morgan fingerprint density at radius 1 is 1.07 bits per heavy atom. The molecule has 0 unspecified atom stereocenters. The Morgan fingerprint density at radius 2 is 1.87 bits per heavy atom. The van der Waals surface area contributed by atoms with Gasteiger partial charge in [0.15, 0.2) is 0 Å². The van der Waals surface area contributed by atoms with E-state index in [1.165, 1.54) is 3.57 Å². The van der Waals surface area contributed by atoms with Gasteiger partial charge in [0, 0.05) is 9.77 Å². The Kier molecular flexibility index (Phi) is 3.45. The van der Waals surface area contributed by atoms with Crippen molar-refractivity contribution < 1.29 is 0 Å². The molecule has 0 atom stereocenters. The fraction of sp³-hybridized carbons (Fsp3) is 0. The van der Waals surface area contributed by atoms with Gasteiger partial charge in [-0.15, -0.1) is 0 Å². The van der Waals surface area contributed by atoms with Crippen LogP contribution in [0.15, 0.2) is 53.7 Å². The Labute approximate surface area is 102 Å². The first kappa shape index (κ1) is 10.3. The van der Waals surface area contributed by atoms with Gasteiger partial charge in [-0.05, 0) is 59.0 Å². The van der Waals surface area contributed by atoms with Gasteiger partial charge in [0.1, 0.15) is 0 Å². The summed E-state index contributed by atoms with van der Waals surface area (Å²) in [6, 6.07) is 13.8. The van der Waals surface area contributed by atoms with Crippen LogP contribution in [-0.2, 0) is 0 Å². The third kappa shape index (κ3) is 3.13. The van der Waals surface area contributed by atoms with Crippen molar-refractivity contribution in [2.24, 2.45) is 4.99 Å². The number of aliphatic imine (C=N–C) groups is 1. The van der Waals surface area contributed by atoms with Crippen molar-refractivity contribution in [1.29, 1.82) is 0 Å². The van der Waals surface area contributed by atoms with E-state index >= 15 is 0 Å². The lowest BCUT2D eigenvalue weighted by Gasteiger charge is -1.93. The van der Waals surface area contributed by atoms with E-state index in [1.54, 1.807) is 12.4 Å². The quantitative estimate of drug-likeness (QED) is 0.616. The van der Waals surface area contributed by atoms with Gasteiger partial charge in [0.05, 0.1) is 17.6 Å². The van der Waals surface area contributed by atoms with Crippen molar-refractivity contribution in [3.63, 3.8) is 0 Å². The van der Waals surface area contributed by atoms with E-state index in [9.17, 15) is 0 Å². The fourth-order valence-electron chi connectivity index (χ4n) is 1.12. The van der Waals surface area contributed by atoms with Crippen molar-refractivity contribution in [2.75, 3.05) is 0 Å². The SMILES string of the molecule is Ic1ccc(N=Cc2ccccn2)cc1. The standard InChI is InChI=1S/C12H9IN2/c13-10-4-6-11(7-5-10)15-9-12-3-1-2-8-14-12/h1-9H. The molecule has 1 aromatic carbocycles. The molecule has 0 saturated carbocycles. The smallest absolute Gasteiger partial charge is 0.0812 e. The van der Waals surface area contributed by atoms with Gasteiger partial charge in [-0.1, -0.05) is 6.07 Å². The zero-order valence-corrected chi connectivity index (χ0v) is 10.1. The Balaban J connectivity index is 2.15. The van der Waals surface area contributed by atoms with Crippen LogP contribution in [0.1, 0.15) is 5.69 Å². The van der Waals surface area contributed by atoms with Crippen LogP contribution < -0.4 is 0 Å². The number of hydrogen-bond donors (Lipinski definition) is 0. The number of benzene rings is 1. The first-order chi connectivity index (χ1) is 7.34. The summed E-state index contributed by atoms with van der Waals surface area (Å²) >= 11 is 2.27. The number of hydrogen-bond acceptors (Lipinski definition) is 2. The lowest BCUT2D eigenvalue weighted by Crippen LogP contribution is -1.83. The molecule has 1 heterocycles. The normalized spacial score (nSPS) is 10.7. The second-order valence-electron chi connectivity index (χ2n) is 2.99. The molecule has 2 rings (SSSR count). The Morgan fingerprint density at radius 3 is 2.53 bits per heavy atom. The highest BCUT2D eigenvalue weighted by Gasteiger charge is 1.89. The van der Waals surface area contributed by atoms with Crippen LogP contribution in [0.3, 0.4) is 0 Å². The molecule has 1 aromatic heterocycles. The molecule has 0 bridgehead atoms. The zero-order chi connectivity index (χ0) is 10.5. The van der Waals surface area contributed by atoms with Gasteiger partial charge in [-0.25, -0.2) is 0 Å². The van der Waals surface area contributed by atoms with E-state index in [1.807, 2.05) is 42.5 Å². The predicted molar refractivity (Wildman–Crippen MR) is 70.7 cm³/mol. The molecule has 0 N–H and O–H groups in total. The highest BCUT2D eigenvalue weighted by atomic mass is 127. The molecule has 3 heteroatoms. The van der Waals surface area contributed by atoms with Gasteiger partial charge in [0.2, 0.25) is 0 Å². The van der Waals surface area contributed by atoms with Crippen LogP contribution in [0.4, 0.5) is 5.69 Å². The largest absolute Gasteiger partial charge is 0.255 e. The lowest BCUT2D eigenvalue weighted by atomic mass is 10.3. The fourth-order valence-corrected chi connectivity index (χ4v) is 1.48. The summed E-state index contributed by atoms with van der Waals surface area (Å²) < 4.78 is 1.21. The average molecular weight is 308 g/mol. The highest BCUT2D eigenvalue weighted by Crippen LogP contribution is 2.13. The van der Waals surface area contributed by atoms with Gasteiger partial charge < -0.3 is 0 Å². The number of pyridine rings is 1. The second kappa shape index (κ2) is 5.02. The lowest BCUT2D eigenvalue weighted by molar-refractivity contribution is 1.30. The summed E-state index contributed by atoms with van der Waals surface area (Å²) in [6.07, 6.45) is 3.53. The van der Waals surface area contributed by atoms with Gasteiger partial charge in [-0.3, -0.25) is 9.98 Å². The summed E-state index contributed by atoms with van der Waals surface area (Å²) in [5.41, 5.74) is 1.82. The Bertz CT molecular complexity index is 449. The van der Waals surface area contributed by atoms with Crippen molar-refractivity contribution in [1.82, 2.24) is 4.98 Å². The highest BCUT2D eigenvalue weighted by molar-refractivity contribution is 14.1. The van der Waals surface area contributed by atoms with Gasteiger partial charge in [-0.2, -0.15) is 0 Å². The van der Waals surface area contributed by atoms with Crippen molar-refractivity contribution in [3.05, 3.63) is 57.9 Å². The van der Waals surface area contributed by atoms with E-state index in [-0.39, 0.29) is 0 Å². The monoisotopic (exact) mass is 308 g/mol. The topological polar surface area (TPSA) is 25.2 Å². The van der Waals surface area contributed by atoms with Crippen LogP contribution >= 0.6 is 22.6 Å². The number of nitrogens with zero attached hydrogens (tertiary/aromatic N) is 2. The minimum atomic E-state index is 0.871. The van der Waals surface area contributed by atoms with E-state index in [0.717, 1.165) is 11.4 Å². The molecule has 0 saturated heterocycles. The van der Waals surface area contributed by atoms with E-state index < -0.39 is 0 Å². The molecule has 0 aliphatic rings. The second-order valence-corrected chi connectivity index (χ2v) is 4.23. The first-order valence-corrected chi connectivity index (χ1v) is 5.63. The number of rotatable bonds is 2. The molecule has 0 fully saturated rings. The van der Waals surface area contributed by atoms with Gasteiger partial charge >= 0.3 is 0 Å². The van der Waals surface area contributed by atoms with Crippen molar-refractivity contribution in [3.8, 4) is 0 Å². The third-order valence-electron chi connectivity index (χ3n) is 1.86. The van der Waals surface area contributed by atoms with Crippen LogP contribution in [0, 0.1) is 3.57 Å². The maximum absolute atomic E-state index is 4.33. The summed E-state index contributed by atoms with van der Waals surface area (Å²) in [5, 5.41) is 0. The van der Waals surface area contributed by atoms with Crippen molar-refractivity contribution in [2.45, 2.75) is 0 Å². The van der Waals surface area contributed by atoms with E-state index in [0.29, 0.717) is 0 Å². The molecule has 2 aromatic rings. The van der Waals surface area contributed by atoms with Crippen LogP contribution in [0.2, 0.25) is 0 Å². The first-order valence-electron chi connectivity index (χ1n) is 4.55. The van der Waals surface area contributed by atoms with Crippen LogP contribution in [0.25, 0.3) is 0 Å². The molecule has 0 amide bonds. The summed E-state index contributed by atoms with van der Waals surface area (Å²) in [7, 11) is 0. The molecular weight excluding hydrogens is 299 g/mol. The van der Waals surface area contributed by atoms with Crippen molar-refractivity contribution >= 4 is 34.5 Å². The molecule has 0 radical (unpaired) electrons. The minimum Gasteiger partial charge on any atom is -0.255 e. The molecular formula is C12H9IN2. The predicted octanol–water partition coefficient (Wildman–Crippen LogP) is 3.44. The maximum Gasteiger partial charge on any atom is 0.0812 e. The maximum atomic E-state index is 4.33.